The number of alkyl halides is 3. The predicted octanol–water partition coefficient (Wildman–Crippen LogP) is 4.59. The molecule has 1 fully saturated rings. The summed E-state index contributed by atoms with van der Waals surface area (Å²) in [7, 11) is 3.64. The molecule has 0 radical (unpaired) electrons. The van der Waals surface area contributed by atoms with Gasteiger partial charge in [0.25, 0.3) is 0 Å². The van der Waals surface area contributed by atoms with Crippen molar-refractivity contribution in [1.29, 1.82) is 0 Å². The molecule has 1 amide bonds. The maximum atomic E-state index is 14.0. The van der Waals surface area contributed by atoms with Crippen LogP contribution >= 0.6 is 0 Å². The van der Waals surface area contributed by atoms with Crippen molar-refractivity contribution in [1.82, 2.24) is 20.2 Å². The fraction of sp³-hybridized carbons (Fsp3) is 0.414. The Morgan fingerprint density at radius 3 is 2.58 bits per heavy atom. The Balaban J connectivity index is 1.42. The Kier molecular flexibility index (Phi) is 7.84. The summed E-state index contributed by atoms with van der Waals surface area (Å²) in [6, 6.07) is 12.9. The van der Waals surface area contributed by atoms with Crippen molar-refractivity contribution in [2.24, 2.45) is 5.92 Å². The number of ether oxygens (including phenoxy) is 1. The van der Waals surface area contributed by atoms with E-state index in [1.54, 1.807) is 7.11 Å². The topological polar surface area (TPSA) is 82.6 Å². The number of nitrogens with one attached hydrogen (secondary N) is 2. The highest BCUT2D eigenvalue weighted by atomic mass is 19.4. The van der Waals surface area contributed by atoms with Crippen molar-refractivity contribution in [3.05, 3.63) is 71.0 Å². The van der Waals surface area contributed by atoms with E-state index in [1.807, 2.05) is 42.5 Å². The smallest absolute Gasteiger partial charge is 0.419 e. The molecule has 1 aromatic heterocycles. The Bertz CT molecular complexity index is 1370. The van der Waals surface area contributed by atoms with E-state index in [4.69, 9.17) is 4.74 Å². The van der Waals surface area contributed by atoms with E-state index in [0.29, 0.717) is 17.9 Å². The zero-order valence-electron chi connectivity index (χ0n) is 22.8. The summed E-state index contributed by atoms with van der Waals surface area (Å²) in [5, 5.41) is 5.98. The highest BCUT2D eigenvalue weighted by Gasteiger charge is 2.39. The molecule has 5 rings (SSSR count). The second kappa shape index (κ2) is 11.3. The molecule has 0 unspecified atom stereocenters. The number of hydrogen-bond donors (Lipinski definition) is 2. The van der Waals surface area contributed by atoms with Gasteiger partial charge in [0.05, 0.1) is 30.1 Å². The summed E-state index contributed by atoms with van der Waals surface area (Å²) in [5.74, 6) is 0.0566. The molecule has 0 spiro atoms. The molecule has 11 heteroatoms. The monoisotopic (exact) mass is 554 g/mol. The van der Waals surface area contributed by atoms with E-state index in [2.05, 4.69) is 37.4 Å². The minimum Gasteiger partial charge on any atom is -0.494 e. The summed E-state index contributed by atoms with van der Waals surface area (Å²) >= 11 is 0. The Morgan fingerprint density at radius 1 is 1.12 bits per heavy atom. The lowest BCUT2D eigenvalue weighted by molar-refractivity contribution is -0.138. The predicted molar refractivity (Wildman–Crippen MR) is 147 cm³/mol. The SMILES string of the molecule is COc1cc(N2CCN(C)CC2)ccc1Nc1ncc(C(F)(F)F)c(C[C@@H]2Cc3ccccc3[C@H]2NC(C)=O)n1. The molecule has 2 aliphatic rings. The molecular weight excluding hydrogens is 521 g/mol. The van der Waals surface area contributed by atoms with E-state index in [-0.39, 0.29) is 29.9 Å². The molecule has 212 valence electrons. The zero-order valence-corrected chi connectivity index (χ0v) is 22.8. The molecule has 2 atom stereocenters. The largest absolute Gasteiger partial charge is 0.494 e. The van der Waals surface area contributed by atoms with Crippen molar-refractivity contribution in [2.45, 2.75) is 32.0 Å². The standard InChI is InChI=1S/C29H33F3N6O2/c1-18(39)34-27-20(14-19-6-4-5-7-22(19)27)15-25-23(29(30,31)32)17-33-28(36-25)35-24-9-8-21(16-26(24)40-3)38-12-10-37(2)11-13-38/h4-9,16-17,20,27H,10-15H2,1-3H3,(H,34,39)(H,33,35,36)/t20-,27-/m0/s1. The summed E-state index contributed by atoms with van der Waals surface area (Å²) in [6.45, 7) is 5.11. The number of amides is 1. The highest BCUT2D eigenvalue weighted by molar-refractivity contribution is 5.74. The Hall–Kier alpha value is -3.86. The number of anilines is 3. The van der Waals surface area contributed by atoms with Gasteiger partial charge in [0.2, 0.25) is 11.9 Å². The van der Waals surface area contributed by atoms with Crippen molar-refractivity contribution < 1.29 is 22.7 Å². The molecule has 0 bridgehead atoms. The summed E-state index contributed by atoms with van der Waals surface area (Å²) in [5.41, 5.74) is 2.50. The fourth-order valence-electron chi connectivity index (χ4n) is 5.57. The van der Waals surface area contributed by atoms with Gasteiger partial charge in [0, 0.05) is 51.1 Å². The van der Waals surface area contributed by atoms with Gasteiger partial charge < -0.3 is 25.2 Å². The van der Waals surface area contributed by atoms with Gasteiger partial charge >= 0.3 is 6.18 Å². The molecule has 2 aromatic carbocycles. The van der Waals surface area contributed by atoms with E-state index in [0.717, 1.165) is 49.2 Å². The maximum Gasteiger partial charge on any atom is 0.419 e. The summed E-state index contributed by atoms with van der Waals surface area (Å²) in [6.07, 6.45) is -3.24. The highest BCUT2D eigenvalue weighted by Crippen LogP contribution is 2.40. The van der Waals surface area contributed by atoms with Gasteiger partial charge in [-0.2, -0.15) is 13.2 Å². The first-order chi connectivity index (χ1) is 19.1. The number of carbonyl (C=O) groups excluding carboxylic acids is 1. The van der Waals surface area contributed by atoms with Crippen LogP contribution in [0, 0.1) is 5.92 Å². The first-order valence-corrected chi connectivity index (χ1v) is 13.3. The molecule has 1 saturated heterocycles. The molecule has 8 nitrogen and oxygen atoms in total. The van der Waals surface area contributed by atoms with E-state index < -0.39 is 17.8 Å². The lowest BCUT2D eigenvalue weighted by Gasteiger charge is -2.34. The van der Waals surface area contributed by atoms with Crippen LogP contribution in [0.1, 0.15) is 35.3 Å². The van der Waals surface area contributed by atoms with Crippen LogP contribution in [0.2, 0.25) is 0 Å². The van der Waals surface area contributed by atoms with Crippen molar-refractivity contribution >= 4 is 23.2 Å². The van der Waals surface area contributed by atoms with Gasteiger partial charge in [-0.05, 0) is 49.1 Å². The first-order valence-electron chi connectivity index (χ1n) is 13.3. The van der Waals surface area contributed by atoms with Gasteiger partial charge in [-0.1, -0.05) is 24.3 Å². The third-order valence-corrected chi connectivity index (χ3v) is 7.63. The van der Waals surface area contributed by atoms with Gasteiger partial charge in [-0.3, -0.25) is 4.79 Å². The number of hydrogen-bond acceptors (Lipinski definition) is 7. The van der Waals surface area contributed by atoms with Crippen molar-refractivity contribution in [3.8, 4) is 5.75 Å². The van der Waals surface area contributed by atoms with Crippen molar-refractivity contribution in [3.63, 3.8) is 0 Å². The van der Waals surface area contributed by atoms with Gasteiger partial charge in [0.15, 0.2) is 0 Å². The number of nitrogens with zero attached hydrogens (tertiary/aromatic N) is 4. The molecular formula is C29H33F3N6O2. The van der Waals surface area contributed by atoms with Crippen LogP contribution < -0.4 is 20.3 Å². The molecule has 40 heavy (non-hydrogen) atoms. The third kappa shape index (κ3) is 5.99. The summed E-state index contributed by atoms with van der Waals surface area (Å²) in [4.78, 5) is 24.8. The minimum absolute atomic E-state index is 0.0190. The first kappa shape index (κ1) is 27.7. The third-order valence-electron chi connectivity index (χ3n) is 7.63. The number of fused-ring (bicyclic) bond motifs is 1. The lowest BCUT2D eigenvalue weighted by atomic mass is 9.93. The van der Waals surface area contributed by atoms with Crippen LogP contribution in [0.15, 0.2) is 48.7 Å². The van der Waals surface area contributed by atoms with Crippen LogP contribution in [0.4, 0.5) is 30.5 Å². The number of carbonyl (C=O) groups is 1. The second-order valence-corrected chi connectivity index (χ2v) is 10.4. The Labute approximate surface area is 231 Å². The molecule has 2 heterocycles. The van der Waals surface area contributed by atoms with E-state index in [1.165, 1.54) is 6.92 Å². The molecule has 0 saturated carbocycles. The van der Waals surface area contributed by atoms with Crippen LogP contribution in [0.3, 0.4) is 0 Å². The number of halogens is 3. The average Bonchev–Trinajstić information content (AvgIpc) is 3.25. The second-order valence-electron chi connectivity index (χ2n) is 10.4. The quantitative estimate of drug-likeness (QED) is 0.442. The number of piperazine rings is 1. The van der Waals surface area contributed by atoms with Crippen LogP contribution in [0.25, 0.3) is 0 Å². The van der Waals surface area contributed by atoms with E-state index in [9.17, 15) is 18.0 Å². The molecule has 1 aliphatic carbocycles. The number of rotatable bonds is 7. The minimum atomic E-state index is -4.62. The van der Waals surface area contributed by atoms with Gasteiger partial charge in [0.1, 0.15) is 5.75 Å². The Morgan fingerprint density at radius 2 is 1.88 bits per heavy atom. The number of methoxy groups -OCH3 is 1. The maximum absolute atomic E-state index is 14.0. The van der Waals surface area contributed by atoms with Gasteiger partial charge in [-0.25, -0.2) is 9.97 Å². The number of benzene rings is 2. The van der Waals surface area contributed by atoms with E-state index >= 15 is 0 Å². The zero-order chi connectivity index (χ0) is 28.4. The lowest BCUT2D eigenvalue weighted by Crippen LogP contribution is -2.44. The molecule has 2 N–H and O–H groups in total. The summed E-state index contributed by atoms with van der Waals surface area (Å²) < 4.78 is 47.6. The molecule has 1 aliphatic heterocycles. The van der Waals surface area contributed by atoms with Crippen molar-refractivity contribution in [2.75, 3.05) is 50.6 Å². The number of likely N-dealkylation sites (N-methyl/N-ethyl adjacent to an activating group) is 1. The normalized spacial score (nSPS) is 19.3. The fourth-order valence-corrected chi connectivity index (χ4v) is 5.57. The van der Waals surface area contributed by atoms with Gasteiger partial charge in [-0.15, -0.1) is 0 Å². The van der Waals surface area contributed by atoms with Crippen LogP contribution in [-0.4, -0.2) is 61.1 Å². The van der Waals surface area contributed by atoms with Crippen LogP contribution in [0.5, 0.6) is 5.75 Å². The van der Waals surface area contributed by atoms with Crippen LogP contribution in [-0.2, 0) is 23.8 Å². The number of aromatic nitrogens is 2. The average molecular weight is 555 g/mol. The molecule has 3 aromatic rings.